The first-order chi connectivity index (χ1) is 10.2. The summed E-state index contributed by atoms with van der Waals surface area (Å²) in [5, 5.41) is 5.95. The molecule has 0 aliphatic rings. The SMILES string of the molecule is CCCCC(CN)NC(=O)c1sc(-c2cccs2)nc1C. The lowest BCUT2D eigenvalue weighted by atomic mass is 10.1. The maximum absolute atomic E-state index is 12.4. The predicted molar refractivity (Wildman–Crippen MR) is 90.0 cm³/mol. The van der Waals surface area contributed by atoms with Crippen LogP contribution in [-0.2, 0) is 0 Å². The number of nitrogens with zero attached hydrogens (tertiary/aromatic N) is 1. The van der Waals surface area contributed by atoms with Gasteiger partial charge in [-0.1, -0.05) is 25.8 Å². The van der Waals surface area contributed by atoms with Crippen molar-refractivity contribution < 1.29 is 4.79 Å². The number of hydrogen-bond donors (Lipinski definition) is 2. The third kappa shape index (κ3) is 4.12. The van der Waals surface area contributed by atoms with Crippen LogP contribution in [0.1, 0.15) is 41.6 Å². The number of carbonyl (C=O) groups is 1. The van der Waals surface area contributed by atoms with Gasteiger partial charge in [-0.2, -0.15) is 0 Å². The zero-order valence-electron chi connectivity index (χ0n) is 12.4. The molecule has 2 heterocycles. The van der Waals surface area contributed by atoms with E-state index in [2.05, 4.69) is 17.2 Å². The van der Waals surface area contributed by atoms with Crippen molar-refractivity contribution in [2.45, 2.75) is 39.2 Å². The summed E-state index contributed by atoms with van der Waals surface area (Å²) in [6.45, 7) is 4.49. The monoisotopic (exact) mass is 323 g/mol. The number of nitrogens with two attached hydrogens (primary N) is 1. The molecule has 1 unspecified atom stereocenters. The van der Waals surface area contributed by atoms with Crippen molar-refractivity contribution in [1.82, 2.24) is 10.3 Å². The van der Waals surface area contributed by atoms with Gasteiger partial charge in [-0.3, -0.25) is 4.79 Å². The standard InChI is InChI=1S/C15H21N3OS2/c1-3-4-6-11(9-16)18-14(19)13-10(2)17-15(21-13)12-7-5-8-20-12/h5,7-8,11H,3-4,6,9,16H2,1-2H3,(H,18,19). The number of thiazole rings is 1. The third-order valence-corrected chi connectivity index (χ3v) is 5.46. The maximum Gasteiger partial charge on any atom is 0.263 e. The van der Waals surface area contributed by atoms with Crippen LogP contribution in [0.25, 0.3) is 9.88 Å². The fourth-order valence-corrected chi connectivity index (χ4v) is 3.83. The molecule has 3 N–H and O–H groups in total. The molecule has 21 heavy (non-hydrogen) atoms. The molecular weight excluding hydrogens is 302 g/mol. The van der Waals surface area contributed by atoms with Gasteiger partial charge < -0.3 is 11.1 Å². The molecule has 0 saturated carbocycles. The van der Waals surface area contributed by atoms with Crippen LogP contribution < -0.4 is 11.1 Å². The molecule has 2 rings (SSSR count). The average Bonchev–Trinajstić information content (AvgIpc) is 3.12. The Bertz CT molecular complexity index is 578. The summed E-state index contributed by atoms with van der Waals surface area (Å²) >= 11 is 3.08. The highest BCUT2D eigenvalue weighted by Crippen LogP contribution is 2.31. The summed E-state index contributed by atoms with van der Waals surface area (Å²) in [4.78, 5) is 18.7. The molecule has 0 aromatic carbocycles. The first-order valence-corrected chi connectivity index (χ1v) is 8.87. The predicted octanol–water partition coefficient (Wildman–Crippen LogP) is 3.43. The number of carbonyl (C=O) groups excluding carboxylic acids is 1. The van der Waals surface area contributed by atoms with Gasteiger partial charge in [0.15, 0.2) is 0 Å². The van der Waals surface area contributed by atoms with E-state index in [4.69, 9.17) is 5.73 Å². The maximum atomic E-state index is 12.4. The van der Waals surface area contributed by atoms with E-state index in [1.807, 2.05) is 24.4 Å². The summed E-state index contributed by atoms with van der Waals surface area (Å²) < 4.78 is 0. The summed E-state index contributed by atoms with van der Waals surface area (Å²) in [5.41, 5.74) is 6.52. The second-order valence-electron chi connectivity index (χ2n) is 4.96. The lowest BCUT2D eigenvalue weighted by Crippen LogP contribution is -2.40. The van der Waals surface area contributed by atoms with Gasteiger partial charge in [0.05, 0.1) is 10.6 Å². The Morgan fingerprint density at radius 1 is 1.52 bits per heavy atom. The van der Waals surface area contributed by atoms with E-state index >= 15 is 0 Å². The van der Waals surface area contributed by atoms with Crippen LogP contribution in [0.4, 0.5) is 0 Å². The molecule has 0 radical (unpaired) electrons. The van der Waals surface area contributed by atoms with Gasteiger partial charge in [0.1, 0.15) is 9.88 Å². The smallest absolute Gasteiger partial charge is 0.263 e. The molecule has 0 aliphatic heterocycles. The fraction of sp³-hybridized carbons (Fsp3) is 0.467. The Kier molecular flexibility index (Phi) is 5.90. The van der Waals surface area contributed by atoms with Gasteiger partial charge in [0.25, 0.3) is 5.91 Å². The van der Waals surface area contributed by atoms with Crippen LogP contribution in [0.5, 0.6) is 0 Å². The summed E-state index contributed by atoms with van der Waals surface area (Å²) in [7, 11) is 0. The topological polar surface area (TPSA) is 68.0 Å². The molecule has 114 valence electrons. The molecule has 0 spiro atoms. The minimum Gasteiger partial charge on any atom is -0.347 e. The van der Waals surface area contributed by atoms with Crippen LogP contribution >= 0.6 is 22.7 Å². The van der Waals surface area contributed by atoms with E-state index in [0.717, 1.165) is 34.8 Å². The average molecular weight is 323 g/mol. The molecular formula is C15H21N3OS2. The van der Waals surface area contributed by atoms with Crippen molar-refractivity contribution in [2.24, 2.45) is 5.73 Å². The van der Waals surface area contributed by atoms with Gasteiger partial charge in [-0.25, -0.2) is 4.98 Å². The van der Waals surface area contributed by atoms with Crippen LogP contribution in [-0.4, -0.2) is 23.5 Å². The number of nitrogens with one attached hydrogen (secondary N) is 1. The largest absolute Gasteiger partial charge is 0.347 e. The number of aromatic nitrogens is 1. The second-order valence-corrected chi connectivity index (χ2v) is 6.91. The van der Waals surface area contributed by atoms with E-state index in [1.165, 1.54) is 11.3 Å². The van der Waals surface area contributed by atoms with Crippen molar-refractivity contribution in [2.75, 3.05) is 6.54 Å². The normalized spacial score (nSPS) is 12.3. The number of rotatable bonds is 7. The van der Waals surface area contributed by atoms with Gasteiger partial charge in [-0.05, 0) is 24.8 Å². The number of thiophene rings is 1. The molecule has 1 amide bonds. The van der Waals surface area contributed by atoms with Gasteiger partial charge >= 0.3 is 0 Å². The van der Waals surface area contributed by atoms with Crippen LogP contribution in [0.2, 0.25) is 0 Å². The Labute approximate surface area is 133 Å². The van der Waals surface area contributed by atoms with E-state index < -0.39 is 0 Å². The van der Waals surface area contributed by atoms with Crippen molar-refractivity contribution in [3.63, 3.8) is 0 Å². The Balaban J connectivity index is 2.08. The molecule has 1 atom stereocenters. The van der Waals surface area contributed by atoms with Gasteiger partial charge in [-0.15, -0.1) is 22.7 Å². The van der Waals surface area contributed by atoms with Crippen molar-refractivity contribution >= 4 is 28.6 Å². The van der Waals surface area contributed by atoms with Crippen molar-refractivity contribution in [1.29, 1.82) is 0 Å². The van der Waals surface area contributed by atoms with Gasteiger partial charge in [0.2, 0.25) is 0 Å². The molecule has 6 heteroatoms. The molecule has 4 nitrogen and oxygen atoms in total. The first kappa shape index (κ1) is 16.1. The van der Waals surface area contributed by atoms with E-state index in [9.17, 15) is 4.79 Å². The highest BCUT2D eigenvalue weighted by molar-refractivity contribution is 7.22. The third-order valence-electron chi connectivity index (χ3n) is 3.26. The molecule has 0 saturated heterocycles. The van der Waals surface area contributed by atoms with Crippen LogP contribution in [0.15, 0.2) is 17.5 Å². The van der Waals surface area contributed by atoms with Crippen LogP contribution in [0, 0.1) is 6.92 Å². The van der Waals surface area contributed by atoms with Crippen molar-refractivity contribution in [3.05, 3.63) is 28.1 Å². The molecule has 2 aromatic rings. The lowest BCUT2D eigenvalue weighted by Gasteiger charge is -2.15. The van der Waals surface area contributed by atoms with E-state index in [-0.39, 0.29) is 11.9 Å². The van der Waals surface area contributed by atoms with Crippen molar-refractivity contribution in [3.8, 4) is 9.88 Å². The molecule has 0 aliphatic carbocycles. The molecule has 2 aromatic heterocycles. The highest BCUT2D eigenvalue weighted by atomic mass is 32.1. The Morgan fingerprint density at radius 2 is 2.33 bits per heavy atom. The quantitative estimate of drug-likeness (QED) is 0.820. The fourth-order valence-electron chi connectivity index (χ4n) is 2.06. The highest BCUT2D eigenvalue weighted by Gasteiger charge is 2.19. The number of amides is 1. The lowest BCUT2D eigenvalue weighted by molar-refractivity contribution is 0.0939. The zero-order valence-corrected chi connectivity index (χ0v) is 14.0. The molecule has 0 fully saturated rings. The minimum atomic E-state index is -0.0561. The summed E-state index contributed by atoms with van der Waals surface area (Å²) in [6.07, 6.45) is 3.10. The summed E-state index contributed by atoms with van der Waals surface area (Å²) in [6, 6.07) is 4.06. The number of hydrogen-bond acceptors (Lipinski definition) is 5. The number of unbranched alkanes of at least 4 members (excludes halogenated alkanes) is 1. The zero-order chi connectivity index (χ0) is 15.2. The Morgan fingerprint density at radius 3 is 2.95 bits per heavy atom. The molecule has 0 bridgehead atoms. The van der Waals surface area contributed by atoms with Crippen LogP contribution in [0.3, 0.4) is 0 Å². The van der Waals surface area contributed by atoms with E-state index in [1.54, 1.807) is 11.3 Å². The second kappa shape index (κ2) is 7.68. The minimum absolute atomic E-state index is 0.0455. The Hall–Kier alpha value is -1.24. The van der Waals surface area contributed by atoms with E-state index in [0.29, 0.717) is 11.4 Å². The summed E-state index contributed by atoms with van der Waals surface area (Å²) in [5.74, 6) is -0.0561. The number of aryl methyl sites for hydroxylation is 1. The first-order valence-electron chi connectivity index (χ1n) is 7.18. The van der Waals surface area contributed by atoms with Gasteiger partial charge in [0, 0.05) is 12.6 Å².